The minimum Gasteiger partial charge on any atom is -0.348 e. The van der Waals surface area contributed by atoms with Crippen molar-refractivity contribution < 1.29 is 9.59 Å². The number of rotatable bonds is 3. The van der Waals surface area contributed by atoms with Crippen molar-refractivity contribution in [1.29, 1.82) is 0 Å². The summed E-state index contributed by atoms with van der Waals surface area (Å²) >= 11 is 3.03. The molecule has 2 aliphatic rings. The van der Waals surface area contributed by atoms with Crippen molar-refractivity contribution in [3.05, 3.63) is 24.3 Å². The summed E-state index contributed by atoms with van der Waals surface area (Å²) in [7, 11) is 0. The molecule has 0 radical (unpaired) electrons. The molecule has 1 aromatic heterocycles. The fourth-order valence-electron chi connectivity index (χ4n) is 3.24. The van der Waals surface area contributed by atoms with Crippen LogP contribution in [0.2, 0.25) is 0 Å². The van der Waals surface area contributed by atoms with Crippen molar-refractivity contribution in [3.8, 4) is 0 Å². The van der Waals surface area contributed by atoms with Crippen LogP contribution in [0.3, 0.4) is 0 Å². The van der Waals surface area contributed by atoms with E-state index in [1.807, 2.05) is 18.2 Å². The standard InChI is InChI=1S/C17H19N3O2S2/c21-15(18-13-7-10-23-16(13)22)11-5-8-20(9-6-11)17-19-12-3-1-2-4-14(12)24-17/h1-4,11,13H,5-10H2,(H,18,21). The predicted octanol–water partition coefficient (Wildman–Crippen LogP) is 2.66. The van der Waals surface area contributed by atoms with Crippen LogP contribution in [0.25, 0.3) is 10.2 Å². The minimum absolute atomic E-state index is 0.00836. The number of hydrogen-bond acceptors (Lipinski definition) is 6. The smallest absolute Gasteiger partial charge is 0.223 e. The number of carbonyl (C=O) groups is 2. The summed E-state index contributed by atoms with van der Waals surface area (Å²) in [4.78, 5) is 31.0. The molecule has 2 fully saturated rings. The number of benzene rings is 1. The SMILES string of the molecule is O=C(NC1CCSC1=O)C1CCN(c2nc3ccccc3s2)CC1. The van der Waals surface area contributed by atoms with Gasteiger partial charge in [-0.15, -0.1) is 0 Å². The average Bonchev–Trinajstić information content (AvgIpc) is 3.21. The van der Waals surface area contributed by atoms with Gasteiger partial charge in [-0.2, -0.15) is 0 Å². The lowest BCUT2D eigenvalue weighted by molar-refractivity contribution is -0.128. The van der Waals surface area contributed by atoms with Gasteiger partial charge >= 0.3 is 0 Å². The number of para-hydroxylation sites is 1. The first kappa shape index (κ1) is 15.9. The highest BCUT2D eigenvalue weighted by atomic mass is 32.2. The Labute approximate surface area is 148 Å². The van der Waals surface area contributed by atoms with E-state index in [-0.39, 0.29) is 23.0 Å². The number of amides is 1. The normalized spacial score (nSPS) is 22.2. The summed E-state index contributed by atoms with van der Waals surface area (Å²) in [5.74, 6) is 0.869. The third-order valence-corrected chi connectivity index (χ3v) is 6.78. The van der Waals surface area contributed by atoms with Gasteiger partial charge in [0.2, 0.25) is 11.0 Å². The fraction of sp³-hybridized carbons (Fsp3) is 0.471. The summed E-state index contributed by atoms with van der Waals surface area (Å²) < 4.78 is 1.20. The van der Waals surface area contributed by atoms with E-state index in [1.165, 1.54) is 16.5 Å². The van der Waals surface area contributed by atoms with Crippen LogP contribution in [0.4, 0.5) is 5.13 Å². The van der Waals surface area contributed by atoms with E-state index < -0.39 is 0 Å². The van der Waals surface area contributed by atoms with Crippen molar-refractivity contribution in [2.75, 3.05) is 23.7 Å². The van der Waals surface area contributed by atoms with Gasteiger partial charge in [0.15, 0.2) is 5.13 Å². The molecule has 1 unspecified atom stereocenters. The number of thiazole rings is 1. The summed E-state index contributed by atoms with van der Waals surface area (Å²) in [6.45, 7) is 1.68. The molecular weight excluding hydrogens is 342 g/mol. The molecule has 1 N–H and O–H groups in total. The van der Waals surface area contributed by atoms with Crippen LogP contribution >= 0.6 is 23.1 Å². The molecule has 5 nitrogen and oxygen atoms in total. The number of nitrogens with zero attached hydrogens (tertiary/aromatic N) is 2. The van der Waals surface area contributed by atoms with E-state index in [2.05, 4.69) is 16.3 Å². The topological polar surface area (TPSA) is 62.3 Å². The second-order valence-corrected chi connectivity index (χ2v) is 8.35. The van der Waals surface area contributed by atoms with Gasteiger partial charge in [-0.3, -0.25) is 9.59 Å². The molecule has 0 saturated carbocycles. The van der Waals surface area contributed by atoms with Crippen LogP contribution in [0, 0.1) is 5.92 Å². The van der Waals surface area contributed by atoms with Gasteiger partial charge in [0.05, 0.1) is 16.3 Å². The third-order valence-electron chi connectivity index (χ3n) is 4.67. The lowest BCUT2D eigenvalue weighted by Gasteiger charge is -2.31. The average molecular weight is 361 g/mol. The Morgan fingerprint density at radius 2 is 2.00 bits per heavy atom. The molecule has 4 rings (SSSR count). The maximum absolute atomic E-state index is 12.4. The number of carbonyl (C=O) groups excluding carboxylic acids is 2. The molecule has 1 amide bonds. The molecule has 0 spiro atoms. The number of piperidine rings is 1. The Bertz CT molecular complexity index is 735. The molecule has 0 aliphatic carbocycles. The Kier molecular flexibility index (Phi) is 4.45. The monoisotopic (exact) mass is 361 g/mol. The lowest BCUT2D eigenvalue weighted by atomic mass is 9.96. The number of aromatic nitrogens is 1. The summed E-state index contributed by atoms with van der Waals surface area (Å²) in [6.07, 6.45) is 2.39. The number of thioether (sulfide) groups is 1. The third kappa shape index (κ3) is 3.15. The first-order valence-corrected chi connectivity index (χ1v) is 10.1. The molecule has 7 heteroatoms. The van der Waals surface area contributed by atoms with E-state index in [0.29, 0.717) is 0 Å². The van der Waals surface area contributed by atoms with Crippen LogP contribution in [0.1, 0.15) is 19.3 Å². The second kappa shape index (κ2) is 6.72. The van der Waals surface area contributed by atoms with Gasteiger partial charge in [0.1, 0.15) is 0 Å². The van der Waals surface area contributed by atoms with Crippen molar-refractivity contribution in [3.63, 3.8) is 0 Å². The van der Waals surface area contributed by atoms with E-state index >= 15 is 0 Å². The minimum atomic E-state index is -0.273. The maximum Gasteiger partial charge on any atom is 0.223 e. The molecule has 2 saturated heterocycles. The summed E-state index contributed by atoms with van der Waals surface area (Å²) in [5.41, 5.74) is 1.04. The molecule has 1 atom stereocenters. The zero-order chi connectivity index (χ0) is 16.5. The van der Waals surface area contributed by atoms with Crippen molar-refractivity contribution in [2.45, 2.75) is 25.3 Å². The first-order chi connectivity index (χ1) is 11.7. The molecule has 2 aliphatic heterocycles. The highest BCUT2D eigenvalue weighted by Crippen LogP contribution is 2.31. The predicted molar refractivity (Wildman–Crippen MR) is 98.6 cm³/mol. The summed E-state index contributed by atoms with van der Waals surface area (Å²) in [6, 6.07) is 7.89. The Hall–Kier alpha value is -1.60. The second-order valence-electron chi connectivity index (χ2n) is 6.24. The Morgan fingerprint density at radius 3 is 2.71 bits per heavy atom. The van der Waals surface area contributed by atoms with Crippen LogP contribution < -0.4 is 10.2 Å². The van der Waals surface area contributed by atoms with E-state index in [0.717, 1.165) is 48.8 Å². The van der Waals surface area contributed by atoms with Gasteiger partial charge < -0.3 is 10.2 Å². The van der Waals surface area contributed by atoms with Crippen molar-refractivity contribution in [1.82, 2.24) is 10.3 Å². The Balaban J connectivity index is 1.36. The molecule has 0 bridgehead atoms. The zero-order valence-corrected chi connectivity index (χ0v) is 14.9. The molecule has 126 valence electrons. The lowest BCUT2D eigenvalue weighted by Crippen LogP contribution is -2.45. The molecule has 24 heavy (non-hydrogen) atoms. The number of hydrogen-bond donors (Lipinski definition) is 1. The van der Waals surface area contributed by atoms with Crippen LogP contribution in [0.15, 0.2) is 24.3 Å². The number of anilines is 1. The molecular formula is C17H19N3O2S2. The van der Waals surface area contributed by atoms with E-state index in [1.54, 1.807) is 11.3 Å². The first-order valence-electron chi connectivity index (χ1n) is 8.28. The van der Waals surface area contributed by atoms with Crippen molar-refractivity contribution >= 4 is 49.5 Å². The van der Waals surface area contributed by atoms with Crippen LogP contribution in [0.5, 0.6) is 0 Å². The maximum atomic E-state index is 12.4. The Morgan fingerprint density at radius 1 is 1.21 bits per heavy atom. The van der Waals surface area contributed by atoms with Crippen LogP contribution in [-0.4, -0.2) is 40.9 Å². The van der Waals surface area contributed by atoms with E-state index in [4.69, 9.17) is 4.98 Å². The van der Waals surface area contributed by atoms with Crippen LogP contribution in [-0.2, 0) is 9.59 Å². The fourth-order valence-corrected chi connectivity index (χ4v) is 5.19. The van der Waals surface area contributed by atoms with E-state index in [9.17, 15) is 9.59 Å². The molecule has 1 aromatic carbocycles. The number of fused-ring (bicyclic) bond motifs is 1. The van der Waals surface area contributed by atoms with Gasteiger partial charge in [-0.05, 0) is 31.4 Å². The van der Waals surface area contributed by atoms with Gasteiger partial charge in [-0.25, -0.2) is 4.98 Å². The van der Waals surface area contributed by atoms with Gasteiger partial charge in [0.25, 0.3) is 0 Å². The highest BCUT2D eigenvalue weighted by molar-refractivity contribution is 8.14. The highest BCUT2D eigenvalue weighted by Gasteiger charge is 2.31. The zero-order valence-electron chi connectivity index (χ0n) is 13.2. The summed E-state index contributed by atoms with van der Waals surface area (Å²) in [5, 5.41) is 4.08. The van der Waals surface area contributed by atoms with Gasteiger partial charge in [-0.1, -0.05) is 35.2 Å². The van der Waals surface area contributed by atoms with Crippen molar-refractivity contribution in [2.24, 2.45) is 5.92 Å². The largest absolute Gasteiger partial charge is 0.348 e. The van der Waals surface area contributed by atoms with Gasteiger partial charge in [0, 0.05) is 24.8 Å². The quantitative estimate of drug-likeness (QED) is 0.911. The molecule has 3 heterocycles. The molecule has 2 aromatic rings. The number of nitrogens with one attached hydrogen (secondary N) is 1.